The van der Waals surface area contributed by atoms with E-state index in [-0.39, 0.29) is 11.4 Å². The van der Waals surface area contributed by atoms with Crippen molar-refractivity contribution in [1.82, 2.24) is 15.3 Å². The summed E-state index contributed by atoms with van der Waals surface area (Å²) in [5.74, 6) is 0.547. The van der Waals surface area contributed by atoms with Gasteiger partial charge in [0.05, 0.1) is 5.69 Å². The van der Waals surface area contributed by atoms with Gasteiger partial charge in [0, 0.05) is 24.2 Å². The van der Waals surface area contributed by atoms with E-state index in [2.05, 4.69) is 36.1 Å². The minimum absolute atomic E-state index is 0.0516. The van der Waals surface area contributed by atoms with E-state index in [0.29, 0.717) is 13.0 Å². The van der Waals surface area contributed by atoms with Crippen LogP contribution in [0.4, 0.5) is 4.39 Å². The van der Waals surface area contributed by atoms with Gasteiger partial charge in [-0.2, -0.15) is 0 Å². The predicted molar refractivity (Wildman–Crippen MR) is 82.6 cm³/mol. The van der Waals surface area contributed by atoms with Crippen LogP contribution in [0.15, 0.2) is 30.3 Å². The van der Waals surface area contributed by atoms with Crippen molar-refractivity contribution in [3.8, 4) is 0 Å². The maximum absolute atomic E-state index is 12.9. The Balaban J connectivity index is 2.13. The average Bonchev–Trinajstić information content (AvgIpc) is 2.38. The summed E-state index contributed by atoms with van der Waals surface area (Å²) in [6, 6.07) is 8.47. The normalized spacial score (nSPS) is 11.7. The minimum Gasteiger partial charge on any atom is -0.306 e. The number of aromatic nitrogens is 2. The van der Waals surface area contributed by atoms with Gasteiger partial charge < -0.3 is 5.32 Å². The first kappa shape index (κ1) is 15.6. The molecule has 0 fully saturated rings. The van der Waals surface area contributed by atoms with Gasteiger partial charge in [-0.15, -0.1) is 0 Å². The molecule has 4 heteroatoms. The minimum atomic E-state index is -0.223. The molecule has 1 aromatic heterocycles. The standard InChI is InChI=1S/C17H22FN3/c1-12-9-15(11-19-17(2,3)4)21-16(20-12)10-13-5-7-14(18)8-6-13/h5-9,19H,10-11H2,1-4H3. The van der Waals surface area contributed by atoms with E-state index in [1.54, 1.807) is 12.1 Å². The lowest BCUT2D eigenvalue weighted by Crippen LogP contribution is -2.35. The monoisotopic (exact) mass is 287 g/mol. The van der Waals surface area contributed by atoms with E-state index >= 15 is 0 Å². The molecule has 0 radical (unpaired) electrons. The third kappa shape index (κ3) is 5.23. The quantitative estimate of drug-likeness (QED) is 0.936. The summed E-state index contributed by atoms with van der Waals surface area (Å²) in [6.45, 7) is 9.06. The van der Waals surface area contributed by atoms with Crippen LogP contribution in [0.5, 0.6) is 0 Å². The maximum Gasteiger partial charge on any atom is 0.133 e. The molecular formula is C17H22FN3. The van der Waals surface area contributed by atoms with Crippen molar-refractivity contribution in [3.05, 3.63) is 58.9 Å². The molecule has 0 aliphatic carbocycles. The Kier molecular flexibility index (Phi) is 4.68. The maximum atomic E-state index is 12.9. The molecule has 0 aliphatic heterocycles. The van der Waals surface area contributed by atoms with Crippen LogP contribution in [0.3, 0.4) is 0 Å². The summed E-state index contributed by atoms with van der Waals surface area (Å²) in [5, 5.41) is 3.42. The second kappa shape index (κ2) is 6.31. The number of nitrogens with zero attached hydrogens (tertiary/aromatic N) is 2. The molecule has 1 aromatic carbocycles. The number of halogens is 1. The number of benzene rings is 1. The highest BCUT2D eigenvalue weighted by molar-refractivity contribution is 5.21. The zero-order valence-electron chi connectivity index (χ0n) is 13.1. The summed E-state index contributed by atoms with van der Waals surface area (Å²) in [7, 11) is 0. The van der Waals surface area contributed by atoms with Crippen molar-refractivity contribution in [2.45, 2.75) is 46.2 Å². The van der Waals surface area contributed by atoms with E-state index in [1.807, 2.05) is 13.0 Å². The topological polar surface area (TPSA) is 37.8 Å². The van der Waals surface area contributed by atoms with Crippen molar-refractivity contribution < 1.29 is 4.39 Å². The van der Waals surface area contributed by atoms with E-state index in [0.717, 1.165) is 22.8 Å². The Hall–Kier alpha value is -1.81. The molecule has 0 saturated carbocycles. The van der Waals surface area contributed by atoms with E-state index in [9.17, 15) is 4.39 Å². The van der Waals surface area contributed by atoms with Gasteiger partial charge in [-0.25, -0.2) is 14.4 Å². The number of hydrogen-bond donors (Lipinski definition) is 1. The van der Waals surface area contributed by atoms with Crippen LogP contribution in [0.2, 0.25) is 0 Å². The van der Waals surface area contributed by atoms with Gasteiger partial charge in [-0.1, -0.05) is 12.1 Å². The summed E-state index contributed by atoms with van der Waals surface area (Å²) in [4.78, 5) is 9.05. The van der Waals surface area contributed by atoms with Crippen LogP contribution < -0.4 is 5.32 Å². The van der Waals surface area contributed by atoms with Crippen molar-refractivity contribution in [1.29, 1.82) is 0 Å². The predicted octanol–water partition coefficient (Wildman–Crippen LogP) is 3.40. The molecule has 0 saturated heterocycles. The lowest BCUT2D eigenvalue weighted by Gasteiger charge is -2.20. The van der Waals surface area contributed by atoms with Gasteiger partial charge in [0.25, 0.3) is 0 Å². The first-order chi connectivity index (χ1) is 9.82. The van der Waals surface area contributed by atoms with Crippen LogP contribution in [-0.2, 0) is 13.0 Å². The third-order valence-electron chi connectivity index (χ3n) is 3.03. The summed E-state index contributed by atoms with van der Waals surface area (Å²) in [6.07, 6.45) is 0.616. The van der Waals surface area contributed by atoms with Crippen molar-refractivity contribution in [2.75, 3.05) is 0 Å². The lowest BCUT2D eigenvalue weighted by atomic mass is 10.1. The van der Waals surface area contributed by atoms with Crippen molar-refractivity contribution >= 4 is 0 Å². The molecule has 2 aromatic rings. The zero-order valence-corrected chi connectivity index (χ0v) is 13.1. The molecular weight excluding hydrogens is 265 g/mol. The fourth-order valence-electron chi connectivity index (χ4n) is 2.01. The second-order valence-electron chi connectivity index (χ2n) is 6.32. The van der Waals surface area contributed by atoms with Gasteiger partial charge in [0.2, 0.25) is 0 Å². The molecule has 21 heavy (non-hydrogen) atoms. The van der Waals surface area contributed by atoms with Crippen molar-refractivity contribution in [3.63, 3.8) is 0 Å². The van der Waals surface area contributed by atoms with Crippen LogP contribution in [0, 0.1) is 12.7 Å². The largest absolute Gasteiger partial charge is 0.306 e. The molecule has 1 N–H and O–H groups in total. The molecule has 2 rings (SSSR count). The number of aryl methyl sites for hydroxylation is 1. The highest BCUT2D eigenvalue weighted by Crippen LogP contribution is 2.10. The first-order valence-corrected chi connectivity index (χ1v) is 7.15. The van der Waals surface area contributed by atoms with Crippen molar-refractivity contribution in [2.24, 2.45) is 0 Å². The van der Waals surface area contributed by atoms with E-state index < -0.39 is 0 Å². The molecule has 0 unspecified atom stereocenters. The van der Waals surface area contributed by atoms with Gasteiger partial charge in [-0.05, 0) is 51.5 Å². The average molecular weight is 287 g/mol. The van der Waals surface area contributed by atoms with Gasteiger partial charge in [0.15, 0.2) is 0 Å². The molecule has 0 amide bonds. The molecule has 112 valence electrons. The first-order valence-electron chi connectivity index (χ1n) is 7.15. The summed E-state index contributed by atoms with van der Waals surface area (Å²) >= 11 is 0. The summed E-state index contributed by atoms with van der Waals surface area (Å²) in [5.41, 5.74) is 3.00. The summed E-state index contributed by atoms with van der Waals surface area (Å²) < 4.78 is 12.9. The Bertz CT molecular complexity index is 600. The molecule has 1 heterocycles. The smallest absolute Gasteiger partial charge is 0.133 e. The van der Waals surface area contributed by atoms with Crippen LogP contribution >= 0.6 is 0 Å². The van der Waals surface area contributed by atoms with Gasteiger partial charge in [-0.3, -0.25) is 0 Å². The molecule has 3 nitrogen and oxygen atoms in total. The Morgan fingerprint density at radius 1 is 1.10 bits per heavy atom. The Morgan fingerprint density at radius 3 is 2.38 bits per heavy atom. The van der Waals surface area contributed by atoms with Gasteiger partial charge >= 0.3 is 0 Å². The van der Waals surface area contributed by atoms with Gasteiger partial charge in [0.1, 0.15) is 11.6 Å². The van der Waals surface area contributed by atoms with E-state index in [1.165, 1.54) is 12.1 Å². The molecule has 0 atom stereocenters. The van der Waals surface area contributed by atoms with E-state index in [4.69, 9.17) is 0 Å². The fraction of sp³-hybridized carbons (Fsp3) is 0.412. The van der Waals surface area contributed by atoms with Crippen LogP contribution in [-0.4, -0.2) is 15.5 Å². The van der Waals surface area contributed by atoms with Crippen LogP contribution in [0.1, 0.15) is 43.5 Å². The fourth-order valence-corrected chi connectivity index (χ4v) is 2.01. The molecule has 0 aliphatic rings. The van der Waals surface area contributed by atoms with Crippen LogP contribution in [0.25, 0.3) is 0 Å². The zero-order chi connectivity index (χ0) is 15.5. The highest BCUT2D eigenvalue weighted by atomic mass is 19.1. The number of hydrogen-bond acceptors (Lipinski definition) is 3. The molecule has 0 bridgehead atoms. The number of rotatable bonds is 4. The molecule has 0 spiro atoms. The third-order valence-corrected chi connectivity index (χ3v) is 3.03. The Morgan fingerprint density at radius 2 is 1.76 bits per heavy atom. The lowest BCUT2D eigenvalue weighted by molar-refractivity contribution is 0.420. The number of nitrogens with one attached hydrogen (secondary N) is 1. The highest BCUT2D eigenvalue weighted by Gasteiger charge is 2.10. The SMILES string of the molecule is Cc1cc(CNC(C)(C)C)nc(Cc2ccc(F)cc2)n1. The Labute approximate surface area is 125 Å². The second-order valence-corrected chi connectivity index (χ2v) is 6.32.